The number of furan rings is 1. The highest BCUT2D eigenvalue weighted by Crippen LogP contribution is 2.28. The van der Waals surface area contributed by atoms with Crippen molar-refractivity contribution >= 4 is 28.8 Å². The third kappa shape index (κ3) is 3.33. The fourth-order valence-corrected chi connectivity index (χ4v) is 2.50. The molecule has 2 rings (SSSR count). The van der Waals surface area contributed by atoms with Crippen LogP contribution in [0.3, 0.4) is 0 Å². The van der Waals surface area contributed by atoms with Crippen molar-refractivity contribution in [1.82, 2.24) is 0 Å². The van der Waals surface area contributed by atoms with Crippen LogP contribution in [0.25, 0.3) is 0 Å². The van der Waals surface area contributed by atoms with E-state index < -0.39 is 5.91 Å². The van der Waals surface area contributed by atoms with Crippen LogP contribution in [-0.2, 0) is 5.41 Å². The van der Waals surface area contributed by atoms with E-state index in [-0.39, 0.29) is 11.3 Å². The average Bonchev–Trinajstić information content (AvgIpc) is 2.94. The molecule has 2 amide bonds. The zero-order chi connectivity index (χ0) is 15.8. The highest BCUT2D eigenvalue weighted by atomic mass is 32.1. The summed E-state index contributed by atoms with van der Waals surface area (Å²) in [5.74, 6) is 0.562. The van der Waals surface area contributed by atoms with Crippen LogP contribution in [0.2, 0.25) is 0 Å². The fourth-order valence-electron chi connectivity index (χ4n) is 1.81. The number of hydrogen-bond acceptors (Lipinski definition) is 4. The molecule has 5 nitrogen and oxygen atoms in total. The molecule has 6 heteroatoms. The van der Waals surface area contributed by atoms with Crippen LogP contribution in [0.4, 0.5) is 5.69 Å². The van der Waals surface area contributed by atoms with E-state index in [0.717, 1.165) is 5.76 Å². The Bertz CT molecular complexity index is 692. The maximum absolute atomic E-state index is 12.3. The Morgan fingerprint density at radius 1 is 1.29 bits per heavy atom. The van der Waals surface area contributed by atoms with Crippen molar-refractivity contribution in [2.24, 2.45) is 5.73 Å². The summed E-state index contributed by atoms with van der Waals surface area (Å²) in [7, 11) is 0. The van der Waals surface area contributed by atoms with Crippen LogP contribution in [0.15, 0.2) is 21.9 Å². The predicted octanol–water partition coefficient (Wildman–Crippen LogP) is 3.30. The Morgan fingerprint density at radius 3 is 2.43 bits per heavy atom. The number of nitrogens with two attached hydrogens (primary N) is 1. The van der Waals surface area contributed by atoms with Crippen LogP contribution in [0.1, 0.15) is 52.3 Å². The van der Waals surface area contributed by atoms with E-state index in [2.05, 4.69) is 5.32 Å². The molecule has 21 heavy (non-hydrogen) atoms. The van der Waals surface area contributed by atoms with Gasteiger partial charge in [0.15, 0.2) is 0 Å². The second-order valence-corrected chi connectivity index (χ2v) is 6.76. The quantitative estimate of drug-likeness (QED) is 0.912. The second kappa shape index (κ2) is 5.37. The van der Waals surface area contributed by atoms with E-state index in [1.165, 1.54) is 11.3 Å². The van der Waals surface area contributed by atoms with Gasteiger partial charge in [0, 0.05) is 10.8 Å². The van der Waals surface area contributed by atoms with Crippen LogP contribution in [-0.4, -0.2) is 11.8 Å². The summed E-state index contributed by atoms with van der Waals surface area (Å²) in [6.07, 6.45) is 0. The highest BCUT2D eigenvalue weighted by Gasteiger charge is 2.23. The van der Waals surface area contributed by atoms with Crippen LogP contribution >= 0.6 is 11.3 Å². The largest absolute Gasteiger partial charge is 0.465 e. The number of carbonyl (C=O) groups is 2. The Hall–Kier alpha value is -2.08. The molecule has 0 spiro atoms. The molecule has 2 aromatic rings. The van der Waals surface area contributed by atoms with Gasteiger partial charge in [-0.05, 0) is 19.1 Å². The lowest BCUT2D eigenvalue weighted by molar-refractivity contribution is 0.0999. The lowest BCUT2D eigenvalue weighted by atomic mass is 9.93. The SMILES string of the molecule is Cc1oc(C(C)(C)C)cc1C(=O)Nc1csc(C(N)=O)c1. The van der Waals surface area contributed by atoms with Crippen molar-refractivity contribution in [3.63, 3.8) is 0 Å². The maximum Gasteiger partial charge on any atom is 0.259 e. The van der Waals surface area contributed by atoms with Gasteiger partial charge >= 0.3 is 0 Å². The van der Waals surface area contributed by atoms with E-state index >= 15 is 0 Å². The Morgan fingerprint density at radius 2 is 1.95 bits per heavy atom. The number of thiophene rings is 1. The standard InChI is InChI=1S/C15H18N2O3S/c1-8-10(6-12(20-8)15(2,3)4)14(19)17-9-5-11(13(16)18)21-7-9/h5-7H,1-4H3,(H2,16,18)(H,17,19). The van der Waals surface area contributed by atoms with Gasteiger partial charge in [-0.2, -0.15) is 0 Å². The van der Waals surface area contributed by atoms with Crippen molar-refractivity contribution in [3.05, 3.63) is 39.5 Å². The van der Waals surface area contributed by atoms with Crippen LogP contribution in [0, 0.1) is 6.92 Å². The van der Waals surface area contributed by atoms with E-state index in [0.29, 0.717) is 21.9 Å². The molecule has 0 aliphatic carbocycles. The van der Waals surface area contributed by atoms with E-state index in [4.69, 9.17) is 10.2 Å². The summed E-state index contributed by atoms with van der Waals surface area (Å²) in [5.41, 5.74) is 6.07. The number of amides is 2. The minimum atomic E-state index is -0.505. The minimum absolute atomic E-state index is 0.162. The van der Waals surface area contributed by atoms with Crippen molar-refractivity contribution in [1.29, 1.82) is 0 Å². The zero-order valence-corrected chi connectivity index (χ0v) is 13.3. The second-order valence-electron chi connectivity index (χ2n) is 5.85. The lowest BCUT2D eigenvalue weighted by Gasteiger charge is -2.13. The normalized spacial score (nSPS) is 11.4. The van der Waals surface area contributed by atoms with Crippen LogP contribution in [0.5, 0.6) is 0 Å². The molecule has 0 fully saturated rings. The molecule has 0 aliphatic heterocycles. The number of rotatable bonds is 3. The maximum atomic E-state index is 12.3. The van der Waals surface area contributed by atoms with Crippen molar-refractivity contribution < 1.29 is 14.0 Å². The van der Waals surface area contributed by atoms with Gasteiger partial charge in [0.05, 0.1) is 16.1 Å². The first-order valence-corrected chi connectivity index (χ1v) is 7.37. The van der Waals surface area contributed by atoms with Gasteiger partial charge in [0.1, 0.15) is 11.5 Å². The van der Waals surface area contributed by atoms with Gasteiger partial charge < -0.3 is 15.5 Å². The number of aryl methyl sites for hydroxylation is 1. The third-order valence-electron chi connectivity index (χ3n) is 3.00. The molecular formula is C15H18N2O3S. The summed E-state index contributed by atoms with van der Waals surface area (Å²) < 4.78 is 5.65. The van der Waals surface area contributed by atoms with Gasteiger partial charge in [-0.15, -0.1) is 11.3 Å². The summed E-state index contributed by atoms with van der Waals surface area (Å²) in [5, 5.41) is 4.42. The predicted molar refractivity (Wildman–Crippen MR) is 82.9 cm³/mol. The molecule has 3 N–H and O–H groups in total. The number of carbonyl (C=O) groups excluding carboxylic acids is 2. The molecule has 0 saturated heterocycles. The molecule has 2 heterocycles. The van der Waals surface area contributed by atoms with Gasteiger partial charge in [-0.25, -0.2) is 0 Å². The molecule has 0 aromatic carbocycles. The fraction of sp³-hybridized carbons (Fsp3) is 0.333. The van der Waals surface area contributed by atoms with Crippen LogP contribution < -0.4 is 11.1 Å². The minimum Gasteiger partial charge on any atom is -0.465 e. The van der Waals surface area contributed by atoms with Gasteiger partial charge in [0.25, 0.3) is 11.8 Å². The van der Waals surface area contributed by atoms with Gasteiger partial charge in [-0.1, -0.05) is 20.8 Å². The molecular weight excluding hydrogens is 288 g/mol. The number of anilines is 1. The van der Waals surface area contributed by atoms with Gasteiger partial charge in [-0.3, -0.25) is 9.59 Å². The Kier molecular flexibility index (Phi) is 3.91. The summed E-state index contributed by atoms with van der Waals surface area (Å²) in [6.45, 7) is 7.81. The average molecular weight is 306 g/mol. The summed E-state index contributed by atoms with van der Waals surface area (Å²) in [6, 6.07) is 3.32. The Labute approximate surface area is 127 Å². The first kappa shape index (κ1) is 15.3. The zero-order valence-electron chi connectivity index (χ0n) is 12.4. The summed E-state index contributed by atoms with van der Waals surface area (Å²) >= 11 is 1.20. The highest BCUT2D eigenvalue weighted by molar-refractivity contribution is 7.12. The lowest BCUT2D eigenvalue weighted by Crippen LogP contribution is -2.13. The first-order valence-electron chi connectivity index (χ1n) is 6.49. The van der Waals surface area contributed by atoms with Crippen molar-refractivity contribution in [2.75, 3.05) is 5.32 Å². The summed E-state index contributed by atoms with van der Waals surface area (Å²) in [4.78, 5) is 23.7. The first-order chi connectivity index (χ1) is 9.68. The topological polar surface area (TPSA) is 85.3 Å². The molecule has 0 saturated carbocycles. The van der Waals surface area contributed by atoms with Crippen molar-refractivity contribution in [2.45, 2.75) is 33.1 Å². The van der Waals surface area contributed by atoms with E-state index in [9.17, 15) is 9.59 Å². The van der Waals surface area contributed by atoms with Crippen molar-refractivity contribution in [3.8, 4) is 0 Å². The molecule has 0 radical (unpaired) electrons. The smallest absolute Gasteiger partial charge is 0.259 e. The molecule has 2 aromatic heterocycles. The van der Waals surface area contributed by atoms with Gasteiger partial charge in [0.2, 0.25) is 0 Å². The third-order valence-corrected chi connectivity index (χ3v) is 3.95. The molecule has 112 valence electrons. The number of nitrogens with one attached hydrogen (secondary N) is 1. The molecule has 0 bridgehead atoms. The molecule has 0 unspecified atom stereocenters. The monoisotopic (exact) mass is 306 g/mol. The van der Waals surface area contributed by atoms with E-state index in [1.54, 1.807) is 24.4 Å². The molecule has 0 aliphatic rings. The number of primary amides is 1. The molecule has 0 atom stereocenters. The Balaban J connectivity index is 2.20. The van der Waals surface area contributed by atoms with E-state index in [1.807, 2.05) is 20.8 Å². The number of hydrogen-bond donors (Lipinski definition) is 2.